The van der Waals surface area contributed by atoms with Gasteiger partial charge in [0, 0.05) is 12.6 Å². The first-order chi connectivity index (χ1) is 12.2. The van der Waals surface area contributed by atoms with Gasteiger partial charge in [0.25, 0.3) is 5.91 Å². The van der Waals surface area contributed by atoms with Gasteiger partial charge in [0.1, 0.15) is 17.4 Å². The van der Waals surface area contributed by atoms with E-state index in [1.807, 2.05) is 0 Å². The minimum Gasteiger partial charge on any atom is -0.496 e. The standard InChI is InChI=1S/C17H18F2N2O4S/c1-25-16-6-4-3-5-13(16)17(22)20-9-10-21(26(2,23)24)15-8-7-12(18)11-14(15)19/h3-8,11H,9-10H2,1-2H3,(H,20,22). The van der Waals surface area contributed by atoms with Crippen LogP contribution in [0.3, 0.4) is 0 Å². The van der Waals surface area contributed by atoms with Gasteiger partial charge < -0.3 is 10.1 Å². The quantitative estimate of drug-likeness (QED) is 0.794. The summed E-state index contributed by atoms with van der Waals surface area (Å²) in [6.07, 6.45) is 0.901. The number of methoxy groups -OCH3 is 1. The molecule has 6 nitrogen and oxygen atoms in total. The molecule has 140 valence electrons. The van der Waals surface area contributed by atoms with Gasteiger partial charge in [0.2, 0.25) is 10.0 Å². The maximum absolute atomic E-state index is 13.9. The Morgan fingerprint density at radius 3 is 2.50 bits per heavy atom. The molecule has 0 aliphatic rings. The number of nitrogens with zero attached hydrogens (tertiary/aromatic N) is 1. The van der Waals surface area contributed by atoms with Gasteiger partial charge in [-0.1, -0.05) is 12.1 Å². The van der Waals surface area contributed by atoms with E-state index in [-0.39, 0.29) is 24.3 Å². The molecule has 1 amide bonds. The second-order valence-corrected chi connectivity index (χ2v) is 7.29. The minimum atomic E-state index is -3.83. The number of nitrogens with one attached hydrogen (secondary N) is 1. The van der Waals surface area contributed by atoms with Crippen molar-refractivity contribution in [2.24, 2.45) is 0 Å². The third-order valence-electron chi connectivity index (χ3n) is 3.53. The molecule has 1 N–H and O–H groups in total. The molecule has 9 heteroatoms. The Balaban J connectivity index is 2.12. The summed E-state index contributed by atoms with van der Waals surface area (Å²) in [5, 5.41) is 2.56. The molecule has 2 aromatic rings. The van der Waals surface area contributed by atoms with Gasteiger partial charge in [-0.15, -0.1) is 0 Å². The second-order valence-electron chi connectivity index (χ2n) is 5.39. The molecule has 0 aromatic heterocycles. The Hall–Kier alpha value is -2.68. The molecule has 0 aliphatic heterocycles. The van der Waals surface area contributed by atoms with Crippen LogP contribution in [0.4, 0.5) is 14.5 Å². The van der Waals surface area contributed by atoms with Crippen molar-refractivity contribution >= 4 is 21.6 Å². The molecule has 0 aliphatic carbocycles. The summed E-state index contributed by atoms with van der Waals surface area (Å²) in [6, 6.07) is 9.14. The van der Waals surface area contributed by atoms with Crippen LogP contribution in [0, 0.1) is 11.6 Å². The molecule has 26 heavy (non-hydrogen) atoms. The Morgan fingerprint density at radius 2 is 1.88 bits per heavy atom. The summed E-state index contributed by atoms with van der Waals surface area (Å²) in [5.74, 6) is -1.92. The SMILES string of the molecule is COc1ccccc1C(=O)NCCN(c1ccc(F)cc1F)S(C)(=O)=O. The highest BCUT2D eigenvalue weighted by Gasteiger charge is 2.21. The third-order valence-corrected chi connectivity index (χ3v) is 4.71. The lowest BCUT2D eigenvalue weighted by Gasteiger charge is -2.23. The molecule has 2 aromatic carbocycles. The van der Waals surface area contributed by atoms with E-state index in [4.69, 9.17) is 4.74 Å². The first-order valence-corrected chi connectivity index (χ1v) is 9.43. The van der Waals surface area contributed by atoms with Crippen molar-refractivity contribution in [3.8, 4) is 5.75 Å². The van der Waals surface area contributed by atoms with Crippen molar-refractivity contribution in [2.75, 3.05) is 30.8 Å². The molecule has 2 rings (SSSR count). The van der Waals surface area contributed by atoms with E-state index >= 15 is 0 Å². The number of anilines is 1. The number of hydrogen-bond acceptors (Lipinski definition) is 4. The Morgan fingerprint density at radius 1 is 1.19 bits per heavy atom. The van der Waals surface area contributed by atoms with Crippen LogP contribution in [0.15, 0.2) is 42.5 Å². The van der Waals surface area contributed by atoms with Crippen LogP contribution >= 0.6 is 0 Å². The highest BCUT2D eigenvalue weighted by atomic mass is 32.2. The topological polar surface area (TPSA) is 75.7 Å². The number of carbonyl (C=O) groups excluding carboxylic acids is 1. The van der Waals surface area contributed by atoms with Crippen LogP contribution in [0.1, 0.15) is 10.4 Å². The van der Waals surface area contributed by atoms with E-state index in [0.29, 0.717) is 11.8 Å². The van der Waals surface area contributed by atoms with E-state index in [0.717, 1.165) is 22.7 Å². The van der Waals surface area contributed by atoms with Crippen molar-refractivity contribution in [1.29, 1.82) is 0 Å². The first kappa shape index (κ1) is 19.6. The summed E-state index contributed by atoms with van der Waals surface area (Å²) in [4.78, 5) is 12.2. The first-order valence-electron chi connectivity index (χ1n) is 7.58. The van der Waals surface area contributed by atoms with E-state index in [2.05, 4.69) is 5.32 Å². The number of ether oxygens (including phenoxy) is 1. The molecule has 0 atom stereocenters. The summed E-state index contributed by atoms with van der Waals surface area (Å²) in [6.45, 7) is -0.303. The molecule has 0 spiro atoms. The molecule has 0 bridgehead atoms. The molecule has 0 saturated carbocycles. The van der Waals surface area contributed by atoms with Gasteiger partial charge in [-0.25, -0.2) is 17.2 Å². The lowest BCUT2D eigenvalue weighted by atomic mass is 10.2. The maximum Gasteiger partial charge on any atom is 0.255 e. The zero-order valence-electron chi connectivity index (χ0n) is 14.2. The maximum atomic E-state index is 13.9. The van der Waals surface area contributed by atoms with Gasteiger partial charge in [-0.3, -0.25) is 9.10 Å². The highest BCUT2D eigenvalue weighted by molar-refractivity contribution is 7.92. The van der Waals surface area contributed by atoms with E-state index in [1.54, 1.807) is 24.3 Å². The molecular formula is C17H18F2N2O4S. The number of para-hydroxylation sites is 1. The van der Waals surface area contributed by atoms with Crippen LogP contribution in [0.2, 0.25) is 0 Å². The normalized spacial score (nSPS) is 11.1. The van der Waals surface area contributed by atoms with Crippen LogP contribution in [0.25, 0.3) is 0 Å². The zero-order valence-corrected chi connectivity index (χ0v) is 15.0. The monoisotopic (exact) mass is 384 g/mol. The van der Waals surface area contributed by atoms with Gasteiger partial charge >= 0.3 is 0 Å². The van der Waals surface area contributed by atoms with Gasteiger partial charge in [0.15, 0.2) is 0 Å². The van der Waals surface area contributed by atoms with Crippen LogP contribution in [-0.2, 0) is 10.0 Å². The molecule has 0 unspecified atom stereocenters. The Bertz CT molecular complexity index is 903. The van der Waals surface area contributed by atoms with Crippen LogP contribution < -0.4 is 14.4 Å². The number of halogens is 2. The summed E-state index contributed by atoms with van der Waals surface area (Å²) < 4.78 is 56.7. The predicted molar refractivity (Wildman–Crippen MR) is 93.9 cm³/mol. The number of amides is 1. The van der Waals surface area contributed by atoms with Gasteiger partial charge in [-0.05, 0) is 24.3 Å². The number of rotatable bonds is 7. The van der Waals surface area contributed by atoms with Crippen LogP contribution in [0.5, 0.6) is 5.75 Å². The molecular weight excluding hydrogens is 366 g/mol. The van der Waals surface area contributed by atoms with E-state index < -0.39 is 27.6 Å². The number of sulfonamides is 1. The number of hydrogen-bond donors (Lipinski definition) is 1. The van der Waals surface area contributed by atoms with Crippen molar-refractivity contribution in [3.63, 3.8) is 0 Å². The fraction of sp³-hybridized carbons (Fsp3) is 0.235. The smallest absolute Gasteiger partial charge is 0.255 e. The highest BCUT2D eigenvalue weighted by Crippen LogP contribution is 2.22. The molecule has 0 radical (unpaired) electrons. The van der Waals surface area contributed by atoms with Crippen molar-refractivity contribution in [3.05, 3.63) is 59.7 Å². The molecule has 0 fully saturated rings. The average molecular weight is 384 g/mol. The zero-order chi connectivity index (χ0) is 19.3. The minimum absolute atomic E-state index is 0.0826. The number of benzene rings is 2. The Labute approximate surface area is 150 Å². The fourth-order valence-electron chi connectivity index (χ4n) is 2.35. The lowest BCUT2D eigenvalue weighted by Crippen LogP contribution is -2.38. The summed E-state index contributed by atoms with van der Waals surface area (Å²) in [7, 11) is -2.41. The number of carbonyl (C=O) groups is 1. The molecule has 0 heterocycles. The van der Waals surface area contributed by atoms with Crippen molar-refractivity contribution in [2.45, 2.75) is 0 Å². The Kier molecular flexibility index (Phi) is 6.14. The van der Waals surface area contributed by atoms with Gasteiger partial charge in [-0.2, -0.15) is 0 Å². The second kappa shape index (κ2) is 8.13. The summed E-state index contributed by atoms with van der Waals surface area (Å²) in [5.41, 5.74) is -0.00527. The molecule has 0 saturated heterocycles. The van der Waals surface area contributed by atoms with Crippen LogP contribution in [-0.4, -0.2) is 40.8 Å². The predicted octanol–water partition coefficient (Wildman–Crippen LogP) is 2.17. The van der Waals surface area contributed by atoms with Gasteiger partial charge in [0.05, 0.1) is 31.2 Å². The largest absolute Gasteiger partial charge is 0.496 e. The van der Waals surface area contributed by atoms with E-state index in [1.165, 1.54) is 7.11 Å². The lowest BCUT2D eigenvalue weighted by molar-refractivity contribution is 0.0952. The fourth-order valence-corrected chi connectivity index (χ4v) is 3.28. The van der Waals surface area contributed by atoms with E-state index in [9.17, 15) is 22.0 Å². The van der Waals surface area contributed by atoms with Crippen molar-refractivity contribution in [1.82, 2.24) is 5.32 Å². The average Bonchev–Trinajstić information content (AvgIpc) is 2.58. The van der Waals surface area contributed by atoms with Crippen molar-refractivity contribution < 1.29 is 26.7 Å². The third kappa shape index (κ3) is 4.69. The summed E-state index contributed by atoms with van der Waals surface area (Å²) >= 11 is 0.